The minimum atomic E-state index is -0.294. The van der Waals surface area contributed by atoms with Gasteiger partial charge in [-0.15, -0.1) is 10.2 Å². The Bertz CT molecular complexity index is 1480. The van der Waals surface area contributed by atoms with Gasteiger partial charge in [-0.25, -0.2) is 10.1 Å². The van der Waals surface area contributed by atoms with Crippen LogP contribution in [0.3, 0.4) is 0 Å². The summed E-state index contributed by atoms with van der Waals surface area (Å²) in [6.45, 7) is 0. The van der Waals surface area contributed by atoms with Gasteiger partial charge in [-0.2, -0.15) is 10.2 Å². The van der Waals surface area contributed by atoms with Crippen molar-refractivity contribution >= 4 is 23.9 Å². The van der Waals surface area contributed by atoms with Crippen molar-refractivity contribution in [3.63, 3.8) is 0 Å². The maximum absolute atomic E-state index is 12.6. The van der Waals surface area contributed by atoms with Crippen molar-refractivity contribution in [2.75, 3.05) is 0 Å². The summed E-state index contributed by atoms with van der Waals surface area (Å²) in [7, 11) is 1.91. The van der Waals surface area contributed by atoms with E-state index in [0.717, 1.165) is 39.0 Å². The number of hydrogen-bond acceptors (Lipinski definition) is 7. The fourth-order valence-electron chi connectivity index (χ4n) is 3.45. The zero-order chi connectivity index (χ0) is 24.7. The van der Waals surface area contributed by atoms with Crippen LogP contribution in [-0.2, 0) is 12.8 Å². The van der Waals surface area contributed by atoms with E-state index in [2.05, 4.69) is 25.7 Å². The Balaban J connectivity index is 1.27. The smallest absolute Gasteiger partial charge is 0.271 e. The molecule has 1 N–H and O–H groups in total. The second-order valence-corrected chi connectivity index (χ2v) is 8.81. The van der Waals surface area contributed by atoms with Crippen molar-refractivity contribution in [1.29, 1.82) is 0 Å². The molecule has 2 aromatic carbocycles. The van der Waals surface area contributed by atoms with Crippen molar-refractivity contribution in [1.82, 2.24) is 35.0 Å². The number of carbonyl (C=O) groups excluding carboxylic acids is 1. The summed E-state index contributed by atoms with van der Waals surface area (Å²) in [5, 5.41) is 17.7. The standard InChI is InChI=1S/C26H22N8OS/c1-33-18-29-31-26(33)36-17-19-9-11-20(12-10-19)25(35)30-28-15-22-16-34(23-7-3-2-4-8-23)32-24(22)21-6-5-13-27-14-21/h2-16,18H,17H2,1H3,(H,30,35)/b28-15+. The number of pyridine rings is 1. The van der Waals surface area contributed by atoms with Gasteiger partial charge in [0.25, 0.3) is 5.91 Å². The number of hydrazone groups is 1. The van der Waals surface area contributed by atoms with E-state index in [1.807, 2.05) is 72.4 Å². The Labute approximate surface area is 211 Å². The molecule has 0 aliphatic rings. The summed E-state index contributed by atoms with van der Waals surface area (Å²) < 4.78 is 3.65. The Hall–Kier alpha value is -4.57. The van der Waals surface area contributed by atoms with Crippen molar-refractivity contribution in [2.45, 2.75) is 10.9 Å². The number of benzene rings is 2. The summed E-state index contributed by atoms with van der Waals surface area (Å²) in [6.07, 6.45) is 8.60. The molecule has 3 aromatic heterocycles. The summed E-state index contributed by atoms with van der Waals surface area (Å²) >= 11 is 1.59. The molecule has 3 heterocycles. The summed E-state index contributed by atoms with van der Waals surface area (Å²) in [5.74, 6) is 0.437. The molecule has 9 nitrogen and oxygen atoms in total. The molecule has 0 unspecified atom stereocenters. The van der Waals surface area contributed by atoms with E-state index in [-0.39, 0.29) is 5.91 Å². The van der Waals surface area contributed by atoms with Gasteiger partial charge in [-0.1, -0.05) is 42.1 Å². The molecule has 1 amide bonds. The topological polar surface area (TPSA) is 103 Å². The molecule has 178 valence electrons. The van der Waals surface area contributed by atoms with Gasteiger partial charge in [0.1, 0.15) is 12.0 Å². The third-order valence-corrected chi connectivity index (χ3v) is 6.43. The summed E-state index contributed by atoms with van der Waals surface area (Å²) in [5.41, 5.74) is 7.46. The van der Waals surface area contributed by atoms with E-state index >= 15 is 0 Å². The van der Waals surface area contributed by atoms with Gasteiger partial charge < -0.3 is 4.57 Å². The van der Waals surface area contributed by atoms with Crippen LogP contribution in [0.25, 0.3) is 16.9 Å². The zero-order valence-electron chi connectivity index (χ0n) is 19.4. The number of amides is 1. The number of thioether (sulfide) groups is 1. The molecule has 0 bridgehead atoms. The van der Waals surface area contributed by atoms with E-state index in [1.165, 1.54) is 0 Å². The predicted molar refractivity (Wildman–Crippen MR) is 139 cm³/mol. The lowest BCUT2D eigenvalue weighted by atomic mass is 10.1. The monoisotopic (exact) mass is 494 g/mol. The molecule has 0 spiro atoms. The normalized spacial score (nSPS) is 11.1. The molecular formula is C26H22N8OS. The second-order valence-electron chi connectivity index (χ2n) is 7.86. The van der Waals surface area contributed by atoms with Crippen LogP contribution in [0.1, 0.15) is 21.5 Å². The van der Waals surface area contributed by atoms with Gasteiger partial charge in [-0.05, 0) is 42.0 Å². The molecule has 10 heteroatoms. The second kappa shape index (κ2) is 10.8. The van der Waals surface area contributed by atoms with Crippen LogP contribution in [0.2, 0.25) is 0 Å². The highest BCUT2D eigenvalue weighted by atomic mass is 32.2. The van der Waals surface area contributed by atoms with Gasteiger partial charge in [0.15, 0.2) is 5.16 Å². The fraction of sp³-hybridized carbons (Fsp3) is 0.0769. The Kier molecular flexibility index (Phi) is 6.95. The van der Waals surface area contributed by atoms with Crippen LogP contribution in [-0.4, -0.2) is 41.7 Å². The van der Waals surface area contributed by atoms with Gasteiger partial charge in [0, 0.05) is 48.1 Å². The first-order chi connectivity index (χ1) is 17.7. The van der Waals surface area contributed by atoms with Crippen molar-refractivity contribution in [3.05, 3.63) is 108 Å². The van der Waals surface area contributed by atoms with E-state index < -0.39 is 0 Å². The average molecular weight is 495 g/mol. The van der Waals surface area contributed by atoms with Gasteiger partial charge in [-0.3, -0.25) is 9.78 Å². The molecule has 5 aromatic rings. The number of aryl methyl sites for hydroxylation is 1. The average Bonchev–Trinajstić information content (AvgIpc) is 3.55. The number of para-hydroxylation sites is 1. The van der Waals surface area contributed by atoms with Crippen molar-refractivity contribution < 1.29 is 4.79 Å². The van der Waals surface area contributed by atoms with Crippen molar-refractivity contribution in [2.24, 2.45) is 12.1 Å². The van der Waals surface area contributed by atoms with Crippen LogP contribution >= 0.6 is 11.8 Å². The van der Waals surface area contributed by atoms with E-state index in [1.54, 1.807) is 53.5 Å². The third kappa shape index (κ3) is 5.39. The molecule has 0 radical (unpaired) electrons. The maximum Gasteiger partial charge on any atom is 0.271 e. The van der Waals surface area contributed by atoms with Gasteiger partial charge >= 0.3 is 0 Å². The lowest BCUT2D eigenvalue weighted by Crippen LogP contribution is -2.17. The molecule has 0 aliphatic carbocycles. The van der Waals surface area contributed by atoms with Crippen LogP contribution in [0.4, 0.5) is 0 Å². The Morgan fingerprint density at radius 1 is 1.08 bits per heavy atom. The number of hydrogen-bond donors (Lipinski definition) is 1. The van der Waals surface area contributed by atoms with E-state index in [0.29, 0.717) is 5.56 Å². The maximum atomic E-state index is 12.6. The molecule has 0 atom stereocenters. The van der Waals surface area contributed by atoms with Crippen LogP contribution in [0.15, 0.2) is 102 Å². The lowest BCUT2D eigenvalue weighted by molar-refractivity contribution is 0.0955. The first kappa shape index (κ1) is 23.2. The van der Waals surface area contributed by atoms with E-state index in [4.69, 9.17) is 5.10 Å². The minimum Gasteiger partial charge on any atom is -0.312 e. The quantitative estimate of drug-likeness (QED) is 0.198. The van der Waals surface area contributed by atoms with Crippen molar-refractivity contribution in [3.8, 4) is 16.9 Å². The number of aromatic nitrogens is 6. The van der Waals surface area contributed by atoms with Crippen LogP contribution in [0.5, 0.6) is 0 Å². The third-order valence-electron chi connectivity index (χ3n) is 5.32. The number of nitrogens with zero attached hydrogens (tertiary/aromatic N) is 7. The largest absolute Gasteiger partial charge is 0.312 e. The Morgan fingerprint density at radius 2 is 1.92 bits per heavy atom. The van der Waals surface area contributed by atoms with Gasteiger partial charge in [0.05, 0.1) is 11.9 Å². The molecule has 5 rings (SSSR count). The summed E-state index contributed by atoms with van der Waals surface area (Å²) in [6, 6.07) is 21.0. The molecule has 0 aliphatic heterocycles. The highest BCUT2D eigenvalue weighted by Gasteiger charge is 2.12. The first-order valence-corrected chi connectivity index (χ1v) is 12.1. The van der Waals surface area contributed by atoms with Crippen LogP contribution < -0.4 is 5.43 Å². The lowest BCUT2D eigenvalue weighted by Gasteiger charge is -2.03. The molecule has 36 heavy (non-hydrogen) atoms. The summed E-state index contributed by atoms with van der Waals surface area (Å²) in [4.78, 5) is 16.8. The Morgan fingerprint density at radius 3 is 2.64 bits per heavy atom. The number of nitrogens with one attached hydrogen (secondary N) is 1. The molecule has 0 saturated heterocycles. The first-order valence-electron chi connectivity index (χ1n) is 11.1. The number of carbonyl (C=O) groups is 1. The SMILES string of the molecule is Cn1cnnc1SCc1ccc(C(=O)N/N=C/c2cn(-c3ccccc3)nc2-c2cccnc2)cc1. The predicted octanol–water partition coefficient (Wildman–Crippen LogP) is 4.12. The highest BCUT2D eigenvalue weighted by molar-refractivity contribution is 7.98. The number of rotatable bonds is 8. The zero-order valence-corrected chi connectivity index (χ0v) is 20.2. The molecule has 0 fully saturated rings. The highest BCUT2D eigenvalue weighted by Crippen LogP contribution is 2.22. The van der Waals surface area contributed by atoms with Gasteiger partial charge in [0.2, 0.25) is 0 Å². The molecular weight excluding hydrogens is 472 g/mol. The van der Waals surface area contributed by atoms with Crippen LogP contribution in [0, 0.1) is 0 Å². The fourth-order valence-corrected chi connectivity index (χ4v) is 4.29. The minimum absolute atomic E-state index is 0.294. The van der Waals surface area contributed by atoms with E-state index in [9.17, 15) is 4.79 Å². The molecule has 0 saturated carbocycles.